The molecule has 0 aliphatic carbocycles. The van der Waals surface area contributed by atoms with Crippen molar-refractivity contribution in [2.24, 2.45) is 0 Å². The number of benzene rings is 1. The Balaban J connectivity index is 1.88. The van der Waals surface area contributed by atoms with Crippen LogP contribution >= 0.6 is 0 Å². The number of carbonyl (C=O) groups excluding carboxylic acids is 1. The van der Waals surface area contributed by atoms with E-state index in [1.807, 2.05) is 4.90 Å². The van der Waals surface area contributed by atoms with Crippen molar-refractivity contribution in [2.45, 2.75) is 26.7 Å². The minimum Gasteiger partial charge on any atom is -0.340 e. The molecule has 1 N–H and O–H groups in total. The van der Waals surface area contributed by atoms with Crippen molar-refractivity contribution in [3.63, 3.8) is 0 Å². The van der Waals surface area contributed by atoms with Gasteiger partial charge in [0.15, 0.2) is 0 Å². The van der Waals surface area contributed by atoms with E-state index in [-0.39, 0.29) is 5.91 Å². The zero-order chi connectivity index (χ0) is 13.0. The minimum absolute atomic E-state index is 0.288. The fraction of sp³-hybridized carbons (Fsp3) is 0.533. The molecule has 0 atom stereocenters. The van der Waals surface area contributed by atoms with E-state index in [0.29, 0.717) is 6.42 Å². The molecule has 0 bridgehead atoms. The molecule has 3 nitrogen and oxygen atoms in total. The quantitative estimate of drug-likeness (QED) is 0.880. The summed E-state index contributed by atoms with van der Waals surface area (Å²) < 4.78 is 0. The van der Waals surface area contributed by atoms with Gasteiger partial charge in [0.2, 0.25) is 5.91 Å². The van der Waals surface area contributed by atoms with Gasteiger partial charge in [-0.3, -0.25) is 4.79 Å². The van der Waals surface area contributed by atoms with Crippen LogP contribution in [0.3, 0.4) is 0 Å². The molecule has 1 aromatic carbocycles. The summed E-state index contributed by atoms with van der Waals surface area (Å²) in [5.74, 6) is 0.288. The number of hydrogen-bond donors (Lipinski definition) is 1. The summed E-state index contributed by atoms with van der Waals surface area (Å²) in [5, 5.41) is 3.26. The fourth-order valence-corrected chi connectivity index (χ4v) is 2.54. The molecule has 3 heteroatoms. The Kier molecular flexibility index (Phi) is 4.37. The van der Waals surface area contributed by atoms with Gasteiger partial charge in [0.1, 0.15) is 0 Å². The van der Waals surface area contributed by atoms with Crippen LogP contribution in [0.5, 0.6) is 0 Å². The van der Waals surface area contributed by atoms with Crippen molar-refractivity contribution in [1.29, 1.82) is 0 Å². The molecule has 2 rings (SSSR count). The molecule has 0 spiro atoms. The van der Waals surface area contributed by atoms with Crippen LogP contribution in [0, 0.1) is 13.8 Å². The van der Waals surface area contributed by atoms with E-state index >= 15 is 0 Å². The summed E-state index contributed by atoms with van der Waals surface area (Å²) >= 11 is 0. The van der Waals surface area contributed by atoms with E-state index in [2.05, 4.69) is 37.4 Å². The fourth-order valence-electron chi connectivity index (χ4n) is 2.54. The van der Waals surface area contributed by atoms with Crippen LogP contribution < -0.4 is 5.32 Å². The van der Waals surface area contributed by atoms with Crippen molar-refractivity contribution in [1.82, 2.24) is 10.2 Å². The molecule has 0 unspecified atom stereocenters. The maximum absolute atomic E-state index is 12.0. The first-order valence-corrected chi connectivity index (χ1v) is 6.71. The topological polar surface area (TPSA) is 32.3 Å². The summed E-state index contributed by atoms with van der Waals surface area (Å²) in [6.45, 7) is 7.77. The molecule has 0 radical (unpaired) electrons. The lowest BCUT2D eigenvalue weighted by atomic mass is 10.0. The van der Waals surface area contributed by atoms with Crippen molar-refractivity contribution in [2.75, 3.05) is 26.2 Å². The van der Waals surface area contributed by atoms with Gasteiger partial charge in [-0.05, 0) is 25.8 Å². The molecule has 98 valence electrons. The molecule has 0 saturated carbocycles. The van der Waals surface area contributed by atoms with Crippen molar-refractivity contribution in [3.8, 4) is 0 Å². The molecule has 1 heterocycles. The highest BCUT2D eigenvalue weighted by Gasteiger charge is 2.15. The van der Waals surface area contributed by atoms with Gasteiger partial charge in [0.25, 0.3) is 0 Å². The monoisotopic (exact) mass is 246 g/mol. The van der Waals surface area contributed by atoms with Gasteiger partial charge in [-0.25, -0.2) is 0 Å². The highest BCUT2D eigenvalue weighted by molar-refractivity contribution is 5.76. The average Bonchev–Trinajstić information content (AvgIpc) is 2.36. The lowest BCUT2D eigenvalue weighted by Crippen LogP contribution is -2.46. The number of hydrogen-bond acceptors (Lipinski definition) is 2. The molecule has 18 heavy (non-hydrogen) atoms. The summed E-state index contributed by atoms with van der Waals surface area (Å²) in [4.78, 5) is 14.0. The molecular formula is C15H22N2O. The van der Waals surface area contributed by atoms with Crippen LogP contribution in [0.2, 0.25) is 0 Å². The Bertz CT molecular complexity index is 402. The Hall–Kier alpha value is -1.35. The second-order valence-electron chi connectivity index (χ2n) is 5.13. The van der Waals surface area contributed by atoms with Crippen LogP contribution in [0.25, 0.3) is 0 Å². The summed E-state index contributed by atoms with van der Waals surface area (Å²) in [6, 6.07) is 6.53. The number of piperazine rings is 1. The molecule has 1 aromatic rings. The molecule has 1 aliphatic heterocycles. The Morgan fingerprint density at radius 2 is 1.78 bits per heavy atom. The number of carbonyl (C=O) groups is 1. The number of aryl methyl sites for hydroxylation is 3. The largest absolute Gasteiger partial charge is 0.340 e. The van der Waals surface area contributed by atoms with Crippen LogP contribution in [-0.4, -0.2) is 37.0 Å². The predicted molar refractivity (Wildman–Crippen MR) is 73.7 cm³/mol. The van der Waals surface area contributed by atoms with Crippen LogP contribution in [0.1, 0.15) is 23.1 Å². The van der Waals surface area contributed by atoms with E-state index < -0.39 is 0 Å². The van der Waals surface area contributed by atoms with Crippen molar-refractivity contribution in [3.05, 3.63) is 34.9 Å². The number of nitrogens with one attached hydrogen (secondary N) is 1. The minimum atomic E-state index is 0.288. The standard InChI is InChI=1S/C15H22N2O/c1-12-9-13(2)11-14(10-12)3-4-15(18)17-7-5-16-6-8-17/h9-11,16H,3-8H2,1-2H3. The molecule has 0 aromatic heterocycles. The van der Waals surface area contributed by atoms with Gasteiger partial charge in [-0.2, -0.15) is 0 Å². The molecule has 1 fully saturated rings. The first kappa shape index (κ1) is 13.1. The van der Waals surface area contributed by atoms with Crippen molar-refractivity contribution < 1.29 is 4.79 Å². The number of nitrogens with zero attached hydrogens (tertiary/aromatic N) is 1. The normalized spacial score (nSPS) is 15.8. The number of amides is 1. The molecule has 1 amide bonds. The summed E-state index contributed by atoms with van der Waals surface area (Å²) in [7, 11) is 0. The van der Waals surface area contributed by atoms with Crippen LogP contribution in [0.4, 0.5) is 0 Å². The first-order valence-electron chi connectivity index (χ1n) is 6.71. The predicted octanol–water partition coefficient (Wildman–Crippen LogP) is 1.67. The third-order valence-corrected chi connectivity index (χ3v) is 3.38. The maximum Gasteiger partial charge on any atom is 0.222 e. The van der Waals surface area contributed by atoms with E-state index in [1.54, 1.807) is 0 Å². The third kappa shape index (κ3) is 3.57. The van der Waals surface area contributed by atoms with Gasteiger partial charge in [-0.15, -0.1) is 0 Å². The molecule has 1 saturated heterocycles. The van der Waals surface area contributed by atoms with Gasteiger partial charge >= 0.3 is 0 Å². The van der Waals surface area contributed by atoms with Gasteiger partial charge in [0.05, 0.1) is 0 Å². The summed E-state index contributed by atoms with van der Waals surface area (Å²) in [5.41, 5.74) is 3.83. The van der Waals surface area contributed by atoms with Crippen LogP contribution in [0.15, 0.2) is 18.2 Å². The average molecular weight is 246 g/mol. The Labute approximate surface area is 109 Å². The van der Waals surface area contributed by atoms with Gasteiger partial charge < -0.3 is 10.2 Å². The summed E-state index contributed by atoms with van der Waals surface area (Å²) in [6.07, 6.45) is 1.48. The SMILES string of the molecule is Cc1cc(C)cc(CCC(=O)N2CCNCC2)c1. The second kappa shape index (κ2) is 6.01. The van der Waals surface area contributed by atoms with Crippen molar-refractivity contribution >= 4 is 5.91 Å². The zero-order valence-corrected chi connectivity index (χ0v) is 11.3. The van der Waals surface area contributed by atoms with Gasteiger partial charge in [-0.1, -0.05) is 29.3 Å². The van der Waals surface area contributed by atoms with E-state index in [1.165, 1.54) is 16.7 Å². The molecular weight excluding hydrogens is 224 g/mol. The Morgan fingerprint density at radius 1 is 1.17 bits per heavy atom. The maximum atomic E-state index is 12.0. The molecule has 1 aliphatic rings. The first-order chi connectivity index (χ1) is 8.65. The van der Waals surface area contributed by atoms with E-state index in [9.17, 15) is 4.79 Å². The lowest BCUT2D eigenvalue weighted by Gasteiger charge is -2.27. The van der Waals surface area contributed by atoms with Crippen LogP contribution in [-0.2, 0) is 11.2 Å². The number of rotatable bonds is 3. The second-order valence-corrected chi connectivity index (χ2v) is 5.13. The lowest BCUT2D eigenvalue weighted by molar-refractivity contribution is -0.131. The zero-order valence-electron chi connectivity index (χ0n) is 11.3. The Morgan fingerprint density at radius 3 is 2.39 bits per heavy atom. The third-order valence-electron chi connectivity index (χ3n) is 3.38. The highest BCUT2D eigenvalue weighted by atomic mass is 16.2. The van der Waals surface area contributed by atoms with E-state index in [4.69, 9.17) is 0 Å². The highest BCUT2D eigenvalue weighted by Crippen LogP contribution is 2.11. The smallest absolute Gasteiger partial charge is 0.222 e. The van der Waals surface area contributed by atoms with Gasteiger partial charge in [0, 0.05) is 32.6 Å². The van der Waals surface area contributed by atoms with E-state index in [0.717, 1.165) is 32.6 Å².